The second-order valence-electron chi connectivity index (χ2n) is 4.49. The van der Waals surface area contributed by atoms with Crippen LogP contribution in [0.1, 0.15) is 30.9 Å². The molecule has 0 spiro atoms. The molecule has 4 heteroatoms. The number of aliphatic hydroxyl groups is 1. The number of rotatable bonds is 5. The summed E-state index contributed by atoms with van der Waals surface area (Å²) in [5, 5.41) is 9.61. The molecule has 1 unspecified atom stereocenters. The van der Waals surface area contributed by atoms with Crippen molar-refractivity contribution in [2.45, 2.75) is 44.6 Å². The lowest BCUT2D eigenvalue weighted by Crippen LogP contribution is -2.21. The van der Waals surface area contributed by atoms with Gasteiger partial charge in [0, 0.05) is 0 Å². The van der Waals surface area contributed by atoms with E-state index < -0.39 is 15.9 Å². The van der Waals surface area contributed by atoms with Crippen molar-refractivity contribution in [3.8, 4) is 0 Å². The van der Waals surface area contributed by atoms with Crippen LogP contribution in [-0.2, 0) is 9.84 Å². The summed E-state index contributed by atoms with van der Waals surface area (Å²) in [6.45, 7) is 5.63. The molecule has 96 valence electrons. The lowest BCUT2D eigenvalue weighted by Gasteiger charge is -2.12. The van der Waals surface area contributed by atoms with E-state index in [4.69, 9.17) is 0 Å². The number of benzene rings is 1. The zero-order valence-corrected chi connectivity index (χ0v) is 11.4. The van der Waals surface area contributed by atoms with Crippen LogP contribution >= 0.6 is 0 Å². The van der Waals surface area contributed by atoms with Crippen molar-refractivity contribution in [2.24, 2.45) is 0 Å². The van der Waals surface area contributed by atoms with Gasteiger partial charge in [0.2, 0.25) is 0 Å². The van der Waals surface area contributed by atoms with E-state index >= 15 is 0 Å². The molecule has 1 atom stereocenters. The Morgan fingerprint density at radius 3 is 2.47 bits per heavy atom. The molecule has 0 amide bonds. The molecule has 0 saturated carbocycles. The molecule has 0 aliphatic carbocycles. The fraction of sp³-hybridized carbons (Fsp3) is 0.538. The first-order valence-corrected chi connectivity index (χ1v) is 7.50. The summed E-state index contributed by atoms with van der Waals surface area (Å²) in [5.74, 6) is -0.190. The number of aliphatic hydroxyl groups excluding tert-OH is 1. The number of aryl methyl sites for hydroxylation is 2. The topological polar surface area (TPSA) is 54.4 Å². The van der Waals surface area contributed by atoms with Gasteiger partial charge in [-0.15, -0.1) is 0 Å². The molecule has 0 aromatic heterocycles. The third kappa shape index (κ3) is 3.82. The van der Waals surface area contributed by atoms with E-state index in [9.17, 15) is 13.5 Å². The van der Waals surface area contributed by atoms with E-state index in [1.807, 2.05) is 19.9 Å². The molecule has 0 aliphatic heterocycles. The lowest BCUT2D eigenvalue weighted by atomic mass is 10.2. The van der Waals surface area contributed by atoms with E-state index in [1.54, 1.807) is 19.1 Å². The average Bonchev–Trinajstić information content (AvgIpc) is 2.15. The number of hydrogen-bond donors (Lipinski definition) is 1. The maximum Gasteiger partial charge on any atom is 0.181 e. The van der Waals surface area contributed by atoms with Gasteiger partial charge in [0.1, 0.15) is 0 Å². The number of hydrogen-bond acceptors (Lipinski definition) is 3. The Bertz CT molecular complexity index is 477. The second kappa shape index (κ2) is 5.65. The van der Waals surface area contributed by atoms with Crippen molar-refractivity contribution in [1.29, 1.82) is 0 Å². The van der Waals surface area contributed by atoms with E-state index in [2.05, 4.69) is 0 Å². The van der Waals surface area contributed by atoms with Gasteiger partial charge in [-0.25, -0.2) is 8.42 Å². The highest BCUT2D eigenvalue weighted by molar-refractivity contribution is 7.91. The van der Waals surface area contributed by atoms with Gasteiger partial charge in [-0.05, 0) is 31.9 Å². The molecule has 1 aromatic rings. The molecular formula is C13H20O3S. The fourth-order valence-corrected chi connectivity index (χ4v) is 3.59. The SMILES string of the molecule is CCCC(O)CS(=O)(=O)c1ccc(C)cc1C. The van der Waals surface area contributed by atoms with Gasteiger partial charge in [0.25, 0.3) is 0 Å². The molecule has 0 fully saturated rings. The monoisotopic (exact) mass is 256 g/mol. The highest BCUT2D eigenvalue weighted by Crippen LogP contribution is 2.19. The first-order chi connectivity index (χ1) is 7.86. The minimum atomic E-state index is -3.38. The molecule has 0 aliphatic rings. The van der Waals surface area contributed by atoms with E-state index in [-0.39, 0.29) is 5.75 Å². The Labute approximate surface area is 103 Å². The van der Waals surface area contributed by atoms with Crippen LogP contribution in [0.4, 0.5) is 0 Å². The predicted octanol–water partition coefficient (Wildman–Crippen LogP) is 2.24. The average molecular weight is 256 g/mol. The molecule has 0 saturated heterocycles. The summed E-state index contributed by atoms with van der Waals surface area (Å²) in [4.78, 5) is 0.332. The lowest BCUT2D eigenvalue weighted by molar-refractivity contribution is 0.186. The van der Waals surface area contributed by atoms with Crippen LogP contribution in [0.5, 0.6) is 0 Å². The molecule has 0 heterocycles. The van der Waals surface area contributed by atoms with Crippen LogP contribution in [-0.4, -0.2) is 25.4 Å². The zero-order valence-electron chi connectivity index (χ0n) is 10.6. The van der Waals surface area contributed by atoms with Gasteiger partial charge in [-0.2, -0.15) is 0 Å². The van der Waals surface area contributed by atoms with Crippen molar-refractivity contribution >= 4 is 9.84 Å². The normalized spacial score (nSPS) is 13.6. The fourth-order valence-electron chi connectivity index (χ4n) is 1.91. The molecule has 0 radical (unpaired) electrons. The van der Waals surface area contributed by atoms with Crippen molar-refractivity contribution in [2.75, 3.05) is 5.75 Å². The van der Waals surface area contributed by atoms with E-state index in [0.29, 0.717) is 11.3 Å². The highest BCUT2D eigenvalue weighted by Gasteiger charge is 2.20. The van der Waals surface area contributed by atoms with Crippen molar-refractivity contribution in [3.05, 3.63) is 29.3 Å². The van der Waals surface area contributed by atoms with Crippen molar-refractivity contribution < 1.29 is 13.5 Å². The second-order valence-corrected chi connectivity index (χ2v) is 6.50. The maximum absolute atomic E-state index is 12.1. The third-order valence-electron chi connectivity index (χ3n) is 2.70. The first kappa shape index (κ1) is 14.2. The molecule has 1 N–H and O–H groups in total. The largest absolute Gasteiger partial charge is 0.392 e. The summed E-state index contributed by atoms with van der Waals surface area (Å²) in [6, 6.07) is 5.25. The van der Waals surface area contributed by atoms with Gasteiger partial charge < -0.3 is 5.11 Å². The molecule has 1 rings (SSSR count). The van der Waals surface area contributed by atoms with Gasteiger partial charge in [0.05, 0.1) is 16.8 Å². The summed E-state index contributed by atoms with van der Waals surface area (Å²) in [6.07, 6.45) is 0.527. The van der Waals surface area contributed by atoms with Crippen molar-refractivity contribution in [3.63, 3.8) is 0 Å². The van der Waals surface area contributed by atoms with Crippen LogP contribution < -0.4 is 0 Å². The summed E-state index contributed by atoms with van der Waals surface area (Å²) >= 11 is 0. The van der Waals surface area contributed by atoms with Gasteiger partial charge in [-0.3, -0.25) is 0 Å². The minimum Gasteiger partial charge on any atom is -0.392 e. The van der Waals surface area contributed by atoms with Crippen LogP contribution in [0, 0.1) is 13.8 Å². The highest BCUT2D eigenvalue weighted by atomic mass is 32.2. The van der Waals surface area contributed by atoms with Gasteiger partial charge >= 0.3 is 0 Å². The Hall–Kier alpha value is -0.870. The Morgan fingerprint density at radius 2 is 1.94 bits per heavy atom. The Balaban J connectivity index is 2.97. The van der Waals surface area contributed by atoms with Crippen LogP contribution in [0.3, 0.4) is 0 Å². The summed E-state index contributed by atoms with van der Waals surface area (Å²) in [5.41, 5.74) is 1.78. The molecule has 17 heavy (non-hydrogen) atoms. The van der Waals surface area contributed by atoms with Crippen LogP contribution in [0.2, 0.25) is 0 Å². The smallest absolute Gasteiger partial charge is 0.181 e. The zero-order chi connectivity index (χ0) is 13.1. The molecule has 1 aromatic carbocycles. The summed E-state index contributed by atoms with van der Waals surface area (Å²) < 4.78 is 24.2. The van der Waals surface area contributed by atoms with Gasteiger partial charge in [-0.1, -0.05) is 31.0 Å². The maximum atomic E-state index is 12.1. The summed E-state index contributed by atoms with van der Waals surface area (Å²) in [7, 11) is -3.38. The Kier molecular flexibility index (Phi) is 4.71. The van der Waals surface area contributed by atoms with Gasteiger partial charge in [0.15, 0.2) is 9.84 Å². The molecular weight excluding hydrogens is 236 g/mol. The first-order valence-electron chi connectivity index (χ1n) is 5.85. The third-order valence-corrected chi connectivity index (χ3v) is 4.65. The van der Waals surface area contributed by atoms with Crippen LogP contribution in [0.25, 0.3) is 0 Å². The predicted molar refractivity (Wildman–Crippen MR) is 68.9 cm³/mol. The standard InChI is InChI=1S/C13H20O3S/c1-4-5-12(14)9-17(15,16)13-7-6-10(2)8-11(13)3/h6-8,12,14H,4-5,9H2,1-3H3. The van der Waals surface area contributed by atoms with Crippen molar-refractivity contribution in [1.82, 2.24) is 0 Å². The molecule has 0 bridgehead atoms. The van der Waals surface area contributed by atoms with E-state index in [1.165, 1.54) is 0 Å². The van der Waals surface area contributed by atoms with Crippen LogP contribution in [0.15, 0.2) is 23.1 Å². The number of sulfone groups is 1. The Morgan fingerprint density at radius 1 is 1.29 bits per heavy atom. The van der Waals surface area contributed by atoms with E-state index in [0.717, 1.165) is 17.5 Å². The quantitative estimate of drug-likeness (QED) is 0.879. The molecule has 3 nitrogen and oxygen atoms in total. The minimum absolute atomic E-state index is 0.190.